The highest BCUT2D eigenvalue weighted by Crippen LogP contribution is 2.24. The molecule has 8 nitrogen and oxygen atoms in total. The normalized spacial score (nSPS) is 13.8. The van der Waals surface area contributed by atoms with Gasteiger partial charge in [-0.05, 0) is 42.7 Å². The smallest absolute Gasteiger partial charge is 0.326 e. The van der Waals surface area contributed by atoms with Crippen LogP contribution in [-0.4, -0.2) is 35.5 Å². The zero-order valence-electron chi connectivity index (χ0n) is 18.3. The zero-order valence-corrected chi connectivity index (χ0v) is 19.1. The molecule has 182 valence electrons. The number of hydrogen-bond acceptors (Lipinski definition) is 6. The number of sulfonamides is 1. The van der Waals surface area contributed by atoms with Crippen molar-refractivity contribution in [2.45, 2.75) is 37.6 Å². The lowest BCUT2D eigenvalue weighted by Gasteiger charge is -2.17. The summed E-state index contributed by atoms with van der Waals surface area (Å²) >= 11 is 0. The molecular weight excluding hydrogens is 464 g/mol. The first-order chi connectivity index (χ1) is 16.4. The van der Waals surface area contributed by atoms with E-state index >= 15 is 0 Å². The molecule has 9 heteroatoms. The van der Waals surface area contributed by atoms with Gasteiger partial charge in [0.25, 0.3) is 10.0 Å². The molecule has 3 N–H and O–H groups in total. The first-order valence-electron chi connectivity index (χ1n) is 10.8. The molecule has 2 aromatic carbocycles. The van der Waals surface area contributed by atoms with E-state index in [-0.39, 0.29) is 12.3 Å². The molecule has 0 saturated carbocycles. The Hall–Kier alpha value is -3.98. The zero-order chi connectivity index (χ0) is 24.0. The average molecular weight is 493 g/mol. The van der Waals surface area contributed by atoms with Crippen molar-refractivity contribution in [3.8, 4) is 11.3 Å². The number of carboxylic acids is 1. The number of anilines is 2. The van der Waals surface area contributed by atoms with Gasteiger partial charge in [-0.15, -0.1) is 0 Å². The molecule has 1 aliphatic rings. The Morgan fingerprint density at radius 3 is 2.43 bits per heavy atom. The van der Waals surface area contributed by atoms with Crippen molar-refractivity contribution in [3.05, 3.63) is 90.8 Å². The summed E-state index contributed by atoms with van der Waals surface area (Å²) in [7, 11) is -3.68. The molecular formula is C26H28N4O4S. The molecule has 4 rings (SSSR count). The van der Waals surface area contributed by atoms with Crippen LogP contribution in [-0.2, 0) is 14.8 Å². The van der Waals surface area contributed by atoms with E-state index in [2.05, 4.69) is 26.1 Å². The topological polar surface area (TPSA) is 121 Å². The van der Waals surface area contributed by atoms with Crippen LogP contribution in [0.3, 0.4) is 0 Å². The molecule has 0 amide bonds. The van der Waals surface area contributed by atoms with Crippen molar-refractivity contribution in [2.75, 3.05) is 10.0 Å². The second-order valence-electron chi connectivity index (χ2n) is 7.78. The standard InChI is InChI=1S/C25H24N4O4S.CH4/c30-25(31)23(15-18-7-3-1-4-8-18)28-24-16-22(26-17-27-24)19-11-13-20(14-12-19)29-34(32,33)21-9-5-2-6-10-21;/h2-3,5-14,16-17,23,29H,1,4,15H2,(H,30,31)(H,26,27,28);1H4. The van der Waals surface area contributed by atoms with Gasteiger partial charge in [0, 0.05) is 23.7 Å². The third kappa shape index (κ3) is 6.77. The van der Waals surface area contributed by atoms with Gasteiger partial charge in [-0.3, -0.25) is 4.72 Å². The largest absolute Gasteiger partial charge is 0.480 e. The van der Waals surface area contributed by atoms with E-state index < -0.39 is 22.0 Å². The Morgan fingerprint density at radius 1 is 1.03 bits per heavy atom. The minimum absolute atomic E-state index is 0. The number of carbonyl (C=O) groups is 1. The third-order valence-corrected chi connectivity index (χ3v) is 6.68. The molecule has 0 saturated heterocycles. The van der Waals surface area contributed by atoms with E-state index in [1.807, 2.05) is 12.2 Å². The monoisotopic (exact) mass is 492 g/mol. The summed E-state index contributed by atoms with van der Waals surface area (Å²) in [4.78, 5) is 20.4. The lowest BCUT2D eigenvalue weighted by Crippen LogP contribution is -2.30. The number of nitrogens with zero attached hydrogens (tertiary/aromatic N) is 2. The minimum Gasteiger partial charge on any atom is -0.480 e. The maximum atomic E-state index is 12.5. The molecule has 1 aliphatic carbocycles. The highest BCUT2D eigenvalue weighted by Gasteiger charge is 2.20. The fourth-order valence-corrected chi connectivity index (χ4v) is 4.63. The molecule has 0 spiro atoms. The van der Waals surface area contributed by atoms with E-state index in [1.165, 1.54) is 18.5 Å². The number of aromatic nitrogens is 2. The van der Waals surface area contributed by atoms with Crippen molar-refractivity contribution in [2.24, 2.45) is 0 Å². The van der Waals surface area contributed by atoms with Crippen molar-refractivity contribution in [1.82, 2.24) is 9.97 Å². The van der Waals surface area contributed by atoms with Crippen molar-refractivity contribution in [1.29, 1.82) is 0 Å². The Bertz CT molecular complexity index is 1320. The van der Waals surface area contributed by atoms with Gasteiger partial charge in [-0.25, -0.2) is 23.2 Å². The van der Waals surface area contributed by atoms with Crippen molar-refractivity contribution < 1.29 is 18.3 Å². The predicted molar refractivity (Wildman–Crippen MR) is 138 cm³/mol. The first kappa shape index (κ1) is 25.6. The molecule has 3 aromatic rings. The van der Waals surface area contributed by atoms with Crippen LogP contribution in [0, 0.1) is 0 Å². The first-order valence-corrected chi connectivity index (χ1v) is 12.2. The molecule has 0 fully saturated rings. The maximum absolute atomic E-state index is 12.5. The Morgan fingerprint density at radius 2 is 1.77 bits per heavy atom. The SMILES string of the molecule is C.O=C(O)C(CC1=CCCC=C1)Nc1cc(-c2ccc(NS(=O)(=O)c3ccccc3)cc2)ncn1. The number of allylic oxidation sites excluding steroid dienone is 3. The Kier molecular flexibility index (Phi) is 8.38. The summed E-state index contributed by atoms with van der Waals surface area (Å²) in [6.45, 7) is 0. The van der Waals surface area contributed by atoms with Crippen LogP contribution in [0.5, 0.6) is 0 Å². The van der Waals surface area contributed by atoms with Crippen LogP contribution in [0.2, 0.25) is 0 Å². The van der Waals surface area contributed by atoms with Crippen LogP contribution in [0.15, 0.2) is 95.7 Å². The van der Waals surface area contributed by atoms with E-state index in [9.17, 15) is 18.3 Å². The van der Waals surface area contributed by atoms with Gasteiger partial charge in [-0.1, -0.05) is 56.0 Å². The van der Waals surface area contributed by atoms with Crippen LogP contribution in [0.1, 0.15) is 26.7 Å². The molecule has 1 heterocycles. The molecule has 0 aliphatic heterocycles. The molecule has 0 radical (unpaired) electrons. The minimum atomic E-state index is -3.68. The van der Waals surface area contributed by atoms with Crippen LogP contribution in [0.4, 0.5) is 11.5 Å². The van der Waals surface area contributed by atoms with Gasteiger partial charge in [0.05, 0.1) is 10.6 Å². The van der Waals surface area contributed by atoms with Crippen molar-refractivity contribution in [3.63, 3.8) is 0 Å². The number of nitrogens with one attached hydrogen (secondary N) is 2. The van der Waals surface area contributed by atoms with Gasteiger partial charge in [0.2, 0.25) is 0 Å². The van der Waals surface area contributed by atoms with Gasteiger partial charge >= 0.3 is 5.97 Å². The number of carboxylic acid groups (broad SMARTS) is 1. The number of hydrogen-bond donors (Lipinski definition) is 3. The molecule has 35 heavy (non-hydrogen) atoms. The summed E-state index contributed by atoms with van der Waals surface area (Å²) in [5, 5.41) is 12.6. The van der Waals surface area contributed by atoms with E-state index in [4.69, 9.17) is 0 Å². The van der Waals surface area contributed by atoms with Crippen LogP contribution < -0.4 is 10.0 Å². The van der Waals surface area contributed by atoms with E-state index in [0.29, 0.717) is 23.6 Å². The summed E-state index contributed by atoms with van der Waals surface area (Å²) in [6, 6.07) is 15.7. The number of rotatable bonds is 9. The number of aliphatic carboxylic acids is 1. The van der Waals surface area contributed by atoms with Gasteiger partial charge < -0.3 is 10.4 Å². The molecule has 1 aromatic heterocycles. The van der Waals surface area contributed by atoms with Crippen LogP contribution in [0.25, 0.3) is 11.3 Å². The Balaban J connectivity index is 0.00000342. The predicted octanol–water partition coefficient (Wildman–Crippen LogP) is 5.11. The lowest BCUT2D eigenvalue weighted by atomic mass is 10.00. The molecule has 1 atom stereocenters. The third-order valence-electron chi connectivity index (χ3n) is 5.29. The highest BCUT2D eigenvalue weighted by atomic mass is 32.2. The summed E-state index contributed by atoms with van der Waals surface area (Å²) < 4.78 is 27.6. The summed E-state index contributed by atoms with van der Waals surface area (Å²) in [5.41, 5.74) is 2.71. The molecule has 0 bridgehead atoms. The maximum Gasteiger partial charge on any atom is 0.326 e. The van der Waals surface area contributed by atoms with E-state index in [0.717, 1.165) is 24.0 Å². The quantitative estimate of drug-likeness (QED) is 0.379. The fraction of sp³-hybridized carbons (Fsp3) is 0.192. The van der Waals surface area contributed by atoms with Crippen molar-refractivity contribution >= 4 is 27.5 Å². The van der Waals surface area contributed by atoms with Crippen LogP contribution >= 0.6 is 0 Å². The summed E-state index contributed by atoms with van der Waals surface area (Å²) in [6.07, 6.45) is 9.64. The van der Waals surface area contributed by atoms with Gasteiger partial charge in [0.1, 0.15) is 18.2 Å². The summed E-state index contributed by atoms with van der Waals surface area (Å²) in [5.74, 6) is -0.568. The van der Waals surface area contributed by atoms with Gasteiger partial charge in [0.15, 0.2) is 0 Å². The fourth-order valence-electron chi connectivity index (χ4n) is 3.55. The molecule has 1 unspecified atom stereocenters. The van der Waals surface area contributed by atoms with Gasteiger partial charge in [-0.2, -0.15) is 0 Å². The lowest BCUT2D eigenvalue weighted by molar-refractivity contribution is -0.137. The number of benzene rings is 2. The second-order valence-corrected chi connectivity index (χ2v) is 9.46. The van der Waals surface area contributed by atoms with E-state index in [1.54, 1.807) is 48.5 Å². The average Bonchev–Trinajstić information content (AvgIpc) is 2.85. The Labute approximate surface area is 205 Å². The highest BCUT2D eigenvalue weighted by molar-refractivity contribution is 7.92. The second kappa shape index (κ2) is 11.4.